The minimum Gasteiger partial charge on any atom is -0.440 e. The van der Waals surface area contributed by atoms with Crippen LogP contribution >= 0.6 is 11.3 Å². The molecular formula is C18H27N3O2S. The summed E-state index contributed by atoms with van der Waals surface area (Å²) >= 11 is 1.65. The standard InChI is InChI=1S/C18H27N3O2S/c1-14-15(19-17(23-14)16-6-4-11-24-16)12-21-9-5-7-18(22,8-10-21)13-20(2)3/h4,6,11,22H,5,7-10,12-13H2,1-3H3/t18-/m1/s1. The molecule has 1 atom stereocenters. The van der Waals surface area contributed by atoms with Crippen molar-refractivity contribution < 1.29 is 9.52 Å². The first kappa shape index (κ1) is 17.6. The minimum absolute atomic E-state index is 0.570. The fourth-order valence-electron chi connectivity index (χ4n) is 3.43. The summed E-state index contributed by atoms with van der Waals surface area (Å²) in [6, 6.07) is 4.05. The summed E-state index contributed by atoms with van der Waals surface area (Å²) in [5, 5.41) is 12.8. The summed E-state index contributed by atoms with van der Waals surface area (Å²) in [4.78, 5) is 10.2. The van der Waals surface area contributed by atoms with Gasteiger partial charge in [0.2, 0.25) is 5.89 Å². The first-order valence-electron chi connectivity index (χ1n) is 8.55. The number of thiophene rings is 1. The molecule has 3 rings (SSSR count). The Hall–Kier alpha value is -1.21. The zero-order chi connectivity index (χ0) is 17.2. The summed E-state index contributed by atoms with van der Waals surface area (Å²) in [5.74, 6) is 1.61. The zero-order valence-electron chi connectivity index (χ0n) is 14.8. The van der Waals surface area contributed by atoms with E-state index in [0.717, 1.165) is 67.7 Å². The van der Waals surface area contributed by atoms with Crippen molar-refractivity contribution in [1.29, 1.82) is 0 Å². The smallest absolute Gasteiger partial charge is 0.236 e. The third-order valence-electron chi connectivity index (χ3n) is 4.62. The molecule has 2 aromatic heterocycles. The lowest BCUT2D eigenvalue weighted by molar-refractivity contribution is 0.00255. The third-order valence-corrected chi connectivity index (χ3v) is 5.48. The summed E-state index contributed by atoms with van der Waals surface area (Å²) in [6.07, 6.45) is 2.68. The molecule has 0 saturated carbocycles. The van der Waals surface area contributed by atoms with Gasteiger partial charge in [0, 0.05) is 19.6 Å². The summed E-state index contributed by atoms with van der Waals surface area (Å²) < 4.78 is 5.84. The molecule has 0 aliphatic carbocycles. The van der Waals surface area contributed by atoms with Crippen molar-refractivity contribution in [3.63, 3.8) is 0 Å². The Balaban J connectivity index is 1.64. The van der Waals surface area contributed by atoms with Crippen molar-refractivity contribution >= 4 is 11.3 Å². The van der Waals surface area contributed by atoms with E-state index in [-0.39, 0.29) is 0 Å². The number of aromatic nitrogens is 1. The predicted molar refractivity (Wildman–Crippen MR) is 97.2 cm³/mol. The van der Waals surface area contributed by atoms with E-state index in [1.54, 1.807) is 11.3 Å². The van der Waals surface area contributed by atoms with E-state index in [2.05, 4.69) is 9.80 Å². The van der Waals surface area contributed by atoms with E-state index in [0.29, 0.717) is 0 Å². The fourth-order valence-corrected chi connectivity index (χ4v) is 4.08. The lowest BCUT2D eigenvalue weighted by Crippen LogP contribution is -2.40. The topological polar surface area (TPSA) is 52.7 Å². The van der Waals surface area contributed by atoms with Crippen molar-refractivity contribution in [3.8, 4) is 10.8 Å². The second-order valence-corrected chi connectivity index (χ2v) is 8.04. The number of hydrogen-bond donors (Lipinski definition) is 1. The second kappa shape index (κ2) is 7.35. The molecule has 0 aromatic carbocycles. The minimum atomic E-state index is -0.570. The maximum absolute atomic E-state index is 10.8. The van der Waals surface area contributed by atoms with Crippen LogP contribution in [0, 0.1) is 6.92 Å². The molecule has 0 amide bonds. The molecule has 0 radical (unpaired) electrons. The van der Waals surface area contributed by atoms with E-state index in [4.69, 9.17) is 9.40 Å². The van der Waals surface area contributed by atoms with Crippen LogP contribution in [0.4, 0.5) is 0 Å². The first-order valence-corrected chi connectivity index (χ1v) is 9.43. The van der Waals surface area contributed by atoms with Gasteiger partial charge in [-0.25, -0.2) is 4.98 Å². The molecule has 132 valence electrons. The molecule has 2 aromatic rings. The van der Waals surface area contributed by atoms with Crippen LogP contribution in [0.1, 0.15) is 30.7 Å². The molecule has 5 nitrogen and oxygen atoms in total. The van der Waals surface area contributed by atoms with Crippen LogP contribution in [0.2, 0.25) is 0 Å². The van der Waals surface area contributed by atoms with Gasteiger partial charge in [-0.2, -0.15) is 0 Å². The van der Waals surface area contributed by atoms with Gasteiger partial charge >= 0.3 is 0 Å². The highest BCUT2D eigenvalue weighted by atomic mass is 32.1. The van der Waals surface area contributed by atoms with Crippen LogP contribution in [0.5, 0.6) is 0 Å². The van der Waals surface area contributed by atoms with E-state index >= 15 is 0 Å². The van der Waals surface area contributed by atoms with Gasteiger partial charge in [-0.1, -0.05) is 6.07 Å². The molecule has 0 unspecified atom stereocenters. The molecule has 1 aliphatic heterocycles. The number of aryl methyl sites for hydroxylation is 1. The number of nitrogens with zero attached hydrogens (tertiary/aromatic N) is 3. The Bertz CT molecular complexity index is 653. The average Bonchev–Trinajstić information content (AvgIpc) is 3.10. The van der Waals surface area contributed by atoms with E-state index < -0.39 is 5.60 Å². The monoisotopic (exact) mass is 349 g/mol. The molecule has 1 aliphatic rings. The highest BCUT2D eigenvalue weighted by Gasteiger charge is 2.31. The van der Waals surface area contributed by atoms with Crippen LogP contribution in [-0.4, -0.2) is 59.2 Å². The van der Waals surface area contributed by atoms with Gasteiger partial charge in [0.1, 0.15) is 5.76 Å². The normalized spacial score (nSPS) is 22.9. The Labute approximate surface area is 147 Å². The molecule has 0 spiro atoms. The highest BCUT2D eigenvalue weighted by Crippen LogP contribution is 2.28. The van der Waals surface area contributed by atoms with E-state index in [1.807, 2.05) is 38.5 Å². The summed E-state index contributed by atoms with van der Waals surface area (Å²) in [6.45, 7) is 5.39. The lowest BCUT2D eigenvalue weighted by Gasteiger charge is -2.30. The van der Waals surface area contributed by atoms with Crippen LogP contribution in [0.25, 0.3) is 10.8 Å². The maximum Gasteiger partial charge on any atom is 0.236 e. The maximum atomic E-state index is 10.8. The summed E-state index contributed by atoms with van der Waals surface area (Å²) in [7, 11) is 4.04. The number of aliphatic hydroxyl groups is 1. The average molecular weight is 350 g/mol. The number of rotatable bonds is 5. The summed E-state index contributed by atoms with van der Waals surface area (Å²) in [5.41, 5.74) is 0.440. The van der Waals surface area contributed by atoms with Crippen molar-refractivity contribution in [2.24, 2.45) is 0 Å². The van der Waals surface area contributed by atoms with Gasteiger partial charge in [-0.15, -0.1) is 11.3 Å². The van der Waals surface area contributed by atoms with Crippen molar-refractivity contribution in [3.05, 3.63) is 29.0 Å². The first-order chi connectivity index (χ1) is 11.5. The number of likely N-dealkylation sites (N-methyl/N-ethyl adjacent to an activating group) is 1. The second-order valence-electron chi connectivity index (χ2n) is 7.09. The van der Waals surface area contributed by atoms with Gasteiger partial charge in [-0.05, 0) is 58.3 Å². The van der Waals surface area contributed by atoms with Crippen molar-refractivity contribution in [2.45, 2.75) is 38.3 Å². The van der Waals surface area contributed by atoms with Crippen LogP contribution < -0.4 is 0 Å². The van der Waals surface area contributed by atoms with Gasteiger partial charge in [-0.3, -0.25) is 4.90 Å². The predicted octanol–water partition coefficient (Wildman–Crippen LogP) is 2.99. The molecular weight excluding hydrogens is 322 g/mol. The van der Waals surface area contributed by atoms with Crippen molar-refractivity contribution in [2.75, 3.05) is 33.7 Å². The third kappa shape index (κ3) is 4.25. The number of hydrogen-bond acceptors (Lipinski definition) is 6. The van der Waals surface area contributed by atoms with Gasteiger partial charge in [0.25, 0.3) is 0 Å². The molecule has 1 fully saturated rings. The number of likely N-dealkylation sites (tertiary alicyclic amines) is 1. The Morgan fingerprint density at radius 2 is 2.21 bits per heavy atom. The van der Waals surface area contributed by atoms with Crippen LogP contribution in [-0.2, 0) is 6.54 Å². The Morgan fingerprint density at radius 3 is 2.92 bits per heavy atom. The molecule has 1 N–H and O–H groups in total. The van der Waals surface area contributed by atoms with Crippen molar-refractivity contribution in [1.82, 2.24) is 14.8 Å². The molecule has 0 bridgehead atoms. The molecule has 24 heavy (non-hydrogen) atoms. The largest absolute Gasteiger partial charge is 0.440 e. The van der Waals surface area contributed by atoms with Crippen LogP contribution in [0.3, 0.4) is 0 Å². The lowest BCUT2D eigenvalue weighted by atomic mass is 9.94. The van der Waals surface area contributed by atoms with E-state index in [9.17, 15) is 5.11 Å². The fraction of sp³-hybridized carbons (Fsp3) is 0.611. The Kier molecular flexibility index (Phi) is 5.39. The van der Waals surface area contributed by atoms with Gasteiger partial charge < -0.3 is 14.4 Å². The SMILES string of the molecule is Cc1oc(-c2cccs2)nc1CN1CCC[C@](O)(CN(C)C)CC1. The molecule has 1 saturated heterocycles. The molecule has 6 heteroatoms. The Morgan fingerprint density at radius 1 is 1.38 bits per heavy atom. The van der Waals surface area contributed by atoms with Crippen LogP contribution in [0.15, 0.2) is 21.9 Å². The highest BCUT2D eigenvalue weighted by molar-refractivity contribution is 7.13. The molecule has 3 heterocycles. The van der Waals surface area contributed by atoms with Gasteiger partial charge in [0.15, 0.2) is 0 Å². The van der Waals surface area contributed by atoms with E-state index in [1.165, 1.54) is 0 Å². The number of oxazole rings is 1. The quantitative estimate of drug-likeness (QED) is 0.899. The van der Waals surface area contributed by atoms with Gasteiger partial charge in [0.05, 0.1) is 16.2 Å². The zero-order valence-corrected chi connectivity index (χ0v) is 15.6.